The molecule has 94 valence electrons. The molecular weight excluding hydrogens is 257 g/mol. The molecule has 2 aromatic heterocycles. The van der Waals surface area contributed by atoms with E-state index >= 15 is 0 Å². The lowest BCUT2D eigenvalue weighted by Gasteiger charge is -2.13. The van der Waals surface area contributed by atoms with Crippen molar-refractivity contribution in [1.82, 2.24) is 9.97 Å². The minimum Gasteiger partial charge on any atom is -0.478 e. The largest absolute Gasteiger partial charge is 0.478 e. The first-order valence-corrected chi connectivity index (χ1v) is 6.00. The predicted octanol–water partition coefficient (Wildman–Crippen LogP) is 2.55. The number of hydrogen-bond acceptors (Lipinski definition) is 5. The van der Waals surface area contributed by atoms with E-state index in [9.17, 15) is 9.18 Å². The molecule has 2 rings (SSSR count). The Balaban J connectivity index is 2.26. The molecule has 0 saturated heterocycles. The summed E-state index contributed by atoms with van der Waals surface area (Å²) in [5.41, 5.74) is -0.196. The van der Waals surface area contributed by atoms with Crippen LogP contribution in [0.1, 0.15) is 28.3 Å². The second-order valence-electron chi connectivity index (χ2n) is 3.59. The Labute approximate surface area is 106 Å². The van der Waals surface area contributed by atoms with E-state index < -0.39 is 11.8 Å². The highest BCUT2D eigenvalue weighted by atomic mass is 32.1. The third kappa shape index (κ3) is 2.62. The summed E-state index contributed by atoms with van der Waals surface area (Å²) in [6.45, 7) is 1.83. The molecule has 0 saturated carbocycles. The summed E-state index contributed by atoms with van der Waals surface area (Å²) in [5.74, 6) is -1.78. The highest BCUT2D eigenvalue weighted by Crippen LogP contribution is 2.22. The quantitative estimate of drug-likeness (QED) is 0.890. The molecule has 0 aliphatic heterocycles. The summed E-state index contributed by atoms with van der Waals surface area (Å²) in [7, 11) is 0. The first-order valence-electron chi connectivity index (χ1n) is 5.12. The number of carboxylic acid groups (broad SMARTS) is 1. The summed E-state index contributed by atoms with van der Waals surface area (Å²) in [5, 5.41) is 14.5. The van der Waals surface area contributed by atoms with Crippen molar-refractivity contribution in [2.24, 2.45) is 0 Å². The van der Waals surface area contributed by atoms with Crippen molar-refractivity contribution in [2.45, 2.75) is 13.0 Å². The number of carboxylic acids is 1. The normalized spacial score (nSPS) is 12.1. The maximum atomic E-state index is 13.0. The van der Waals surface area contributed by atoms with Crippen LogP contribution in [0.4, 0.5) is 10.2 Å². The molecule has 2 N–H and O–H groups in total. The zero-order valence-corrected chi connectivity index (χ0v) is 10.2. The molecule has 0 radical (unpaired) electrons. The van der Waals surface area contributed by atoms with Crippen LogP contribution >= 0.6 is 11.3 Å². The predicted molar refractivity (Wildman–Crippen MR) is 65.3 cm³/mol. The summed E-state index contributed by atoms with van der Waals surface area (Å²) in [4.78, 5) is 18.9. The molecule has 0 aliphatic carbocycles. The van der Waals surface area contributed by atoms with Gasteiger partial charge in [0.25, 0.3) is 0 Å². The molecule has 7 heteroatoms. The van der Waals surface area contributed by atoms with Crippen molar-refractivity contribution in [2.75, 3.05) is 5.32 Å². The number of carbonyl (C=O) groups is 1. The zero-order chi connectivity index (χ0) is 13.1. The van der Waals surface area contributed by atoms with Gasteiger partial charge in [-0.25, -0.2) is 19.2 Å². The number of nitrogens with zero attached hydrogens (tertiary/aromatic N) is 2. The van der Waals surface area contributed by atoms with Crippen LogP contribution in [-0.4, -0.2) is 21.0 Å². The Bertz CT molecular complexity index is 559. The molecule has 0 spiro atoms. The highest BCUT2D eigenvalue weighted by Gasteiger charge is 2.16. The van der Waals surface area contributed by atoms with Crippen molar-refractivity contribution < 1.29 is 14.3 Å². The van der Waals surface area contributed by atoms with Crippen LogP contribution < -0.4 is 5.32 Å². The SMILES string of the molecule is CC(Nc1ncc(F)cc1C(=O)O)c1nccs1. The number of aromatic carboxylic acids is 1. The van der Waals surface area contributed by atoms with Crippen molar-refractivity contribution >= 4 is 23.1 Å². The Morgan fingerprint density at radius 1 is 1.56 bits per heavy atom. The lowest BCUT2D eigenvalue weighted by molar-refractivity contribution is 0.0697. The van der Waals surface area contributed by atoms with Crippen molar-refractivity contribution in [3.8, 4) is 0 Å². The van der Waals surface area contributed by atoms with E-state index in [-0.39, 0.29) is 17.4 Å². The van der Waals surface area contributed by atoms with Gasteiger partial charge in [0, 0.05) is 11.6 Å². The molecule has 0 amide bonds. The number of aromatic nitrogens is 2. The molecule has 0 bridgehead atoms. The topological polar surface area (TPSA) is 75.1 Å². The van der Waals surface area contributed by atoms with E-state index in [4.69, 9.17) is 5.11 Å². The molecular formula is C11H10FN3O2S. The van der Waals surface area contributed by atoms with Gasteiger partial charge < -0.3 is 10.4 Å². The second-order valence-corrected chi connectivity index (χ2v) is 4.52. The average molecular weight is 267 g/mol. The minimum atomic E-state index is -1.23. The van der Waals surface area contributed by atoms with Crippen LogP contribution in [0, 0.1) is 5.82 Å². The number of nitrogens with one attached hydrogen (secondary N) is 1. The summed E-state index contributed by atoms with van der Waals surface area (Å²) in [6, 6.07) is 0.743. The molecule has 1 unspecified atom stereocenters. The van der Waals surface area contributed by atoms with Gasteiger partial charge in [-0.05, 0) is 13.0 Å². The van der Waals surface area contributed by atoms with E-state index in [1.165, 1.54) is 11.3 Å². The Hall–Kier alpha value is -2.02. The standard InChI is InChI=1S/C11H10FN3O2S/c1-6(10-13-2-3-18-10)15-9-8(11(16)17)4-7(12)5-14-9/h2-6H,1H3,(H,14,15)(H,16,17). The van der Waals surface area contributed by atoms with Gasteiger partial charge in [0.05, 0.1) is 12.2 Å². The fourth-order valence-electron chi connectivity index (χ4n) is 1.43. The van der Waals surface area contributed by atoms with E-state index in [1.54, 1.807) is 6.20 Å². The van der Waals surface area contributed by atoms with Gasteiger partial charge in [0.15, 0.2) is 0 Å². The fraction of sp³-hybridized carbons (Fsp3) is 0.182. The summed E-state index contributed by atoms with van der Waals surface area (Å²) < 4.78 is 13.0. The van der Waals surface area contributed by atoms with Crippen LogP contribution in [-0.2, 0) is 0 Å². The molecule has 0 aromatic carbocycles. The van der Waals surface area contributed by atoms with Crippen LogP contribution in [0.25, 0.3) is 0 Å². The van der Waals surface area contributed by atoms with E-state index in [0.29, 0.717) is 0 Å². The van der Waals surface area contributed by atoms with Gasteiger partial charge in [0.2, 0.25) is 0 Å². The maximum Gasteiger partial charge on any atom is 0.339 e. The lowest BCUT2D eigenvalue weighted by atomic mass is 10.2. The first-order chi connectivity index (χ1) is 8.58. The highest BCUT2D eigenvalue weighted by molar-refractivity contribution is 7.09. The molecule has 2 aromatic rings. The molecule has 5 nitrogen and oxygen atoms in total. The molecule has 2 heterocycles. The van der Waals surface area contributed by atoms with Crippen LogP contribution in [0.3, 0.4) is 0 Å². The van der Waals surface area contributed by atoms with Gasteiger partial charge in [0.1, 0.15) is 22.2 Å². The molecule has 0 fully saturated rings. The van der Waals surface area contributed by atoms with Gasteiger partial charge in [-0.1, -0.05) is 0 Å². The van der Waals surface area contributed by atoms with Crippen molar-refractivity contribution in [1.29, 1.82) is 0 Å². The van der Waals surface area contributed by atoms with Crippen molar-refractivity contribution in [3.05, 3.63) is 40.2 Å². The van der Waals surface area contributed by atoms with Crippen LogP contribution in [0.5, 0.6) is 0 Å². The summed E-state index contributed by atoms with van der Waals surface area (Å²) in [6.07, 6.45) is 2.64. The minimum absolute atomic E-state index is 0.131. The Morgan fingerprint density at radius 2 is 2.33 bits per heavy atom. The van der Waals surface area contributed by atoms with E-state index in [1.807, 2.05) is 12.3 Å². The Kier molecular flexibility index (Phi) is 3.52. The molecule has 0 aliphatic rings. The van der Waals surface area contributed by atoms with Crippen LogP contribution in [0.2, 0.25) is 0 Å². The van der Waals surface area contributed by atoms with Gasteiger partial charge in [-0.15, -0.1) is 11.3 Å². The van der Waals surface area contributed by atoms with Crippen molar-refractivity contribution in [3.63, 3.8) is 0 Å². The fourth-order valence-corrected chi connectivity index (χ4v) is 2.08. The summed E-state index contributed by atoms with van der Waals surface area (Å²) >= 11 is 1.44. The second kappa shape index (κ2) is 5.09. The lowest BCUT2D eigenvalue weighted by Crippen LogP contribution is -2.12. The van der Waals surface area contributed by atoms with E-state index in [2.05, 4.69) is 15.3 Å². The Morgan fingerprint density at radius 3 is 2.94 bits per heavy atom. The number of rotatable bonds is 4. The molecule has 1 atom stereocenters. The zero-order valence-electron chi connectivity index (χ0n) is 9.42. The molecule has 18 heavy (non-hydrogen) atoms. The number of pyridine rings is 1. The average Bonchev–Trinajstić information content (AvgIpc) is 2.84. The number of hydrogen-bond donors (Lipinski definition) is 2. The number of thiazole rings is 1. The van der Waals surface area contributed by atoms with Crippen LogP contribution in [0.15, 0.2) is 23.8 Å². The van der Waals surface area contributed by atoms with E-state index in [0.717, 1.165) is 17.3 Å². The number of halogens is 1. The first kappa shape index (κ1) is 12.4. The smallest absolute Gasteiger partial charge is 0.339 e. The van der Waals surface area contributed by atoms with Gasteiger partial charge >= 0.3 is 5.97 Å². The third-order valence-corrected chi connectivity index (χ3v) is 3.22. The monoisotopic (exact) mass is 267 g/mol. The maximum absolute atomic E-state index is 13.0. The van der Waals surface area contributed by atoms with Gasteiger partial charge in [-0.2, -0.15) is 0 Å². The third-order valence-electron chi connectivity index (χ3n) is 2.26. The number of anilines is 1. The van der Waals surface area contributed by atoms with Gasteiger partial charge in [-0.3, -0.25) is 0 Å².